The molecule has 0 atom stereocenters. The molecule has 1 aromatic carbocycles. The quantitative estimate of drug-likeness (QED) is 0.818. The van der Waals surface area contributed by atoms with E-state index in [1.54, 1.807) is 0 Å². The van der Waals surface area contributed by atoms with E-state index in [2.05, 4.69) is 43.1 Å². The first kappa shape index (κ1) is 12.1. The van der Waals surface area contributed by atoms with Crippen LogP contribution < -0.4 is 0 Å². The van der Waals surface area contributed by atoms with Gasteiger partial charge >= 0.3 is 0 Å². The number of benzene rings is 1. The highest BCUT2D eigenvalue weighted by molar-refractivity contribution is 6.28. The molecule has 0 saturated heterocycles. The molecule has 0 bridgehead atoms. The molecule has 0 aliphatic heterocycles. The molecule has 0 radical (unpaired) electrons. The second-order valence-corrected chi connectivity index (χ2v) is 5.45. The molecule has 1 heterocycles. The zero-order chi connectivity index (χ0) is 12.5. The summed E-state index contributed by atoms with van der Waals surface area (Å²) < 4.78 is 1.96. The van der Waals surface area contributed by atoms with Crippen molar-refractivity contribution >= 4 is 11.6 Å². The SMILES string of the molecule is CC(C)(C)c1nnc(Cl)n1Cc1ccccc1. The number of halogens is 1. The Balaban J connectivity index is 2.36. The second kappa shape index (κ2) is 4.49. The smallest absolute Gasteiger partial charge is 0.225 e. The highest BCUT2D eigenvalue weighted by atomic mass is 35.5. The topological polar surface area (TPSA) is 30.7 Å². The zero-order valence-corrected chi connectivity index (χ0v) is 11.1. The molecule has 0 aliphatic carbocycles. The average molecular weight is 250 g/mol. The molecule has 17 heavy (non-hydrogen) atoms. The Bertz CT molecular complexity index is 497. The third kappa shape index (κ3) is 2.67. The predicted octanol–water partition coefficient (Wildman–Crippen LogP) is 3.28. The van der Waals surface area contributed by atoms with Crippen LogP contribution in [0.15, 0.2) is 30.3 Å². The lowest BCUT2D eigenvalue weighted by atomic mass is 9.95. The Kier molecular flexibility index (Phi) is 3.20. The summed E-state index contributed by atoms with van der Waals surface area (Å²) >= 11 is 6.09. The summed E-state index contributed by atoms with van der Waals surface area (Å²) in [6.45, 7) is 7.03. The summed E-state index contributed by atoms with van der Waals surface area (Å²) in [5.74, 6) is 0.909. The van der Waals surface area contributed by atoms with E-state index in [1.807, 2.05) is 22.8 Å². The van der Waals surface area contributed by atoms with Crippen molar-refractivity contribution in [1.82, 2.24) is 14.8 Å². The molecule has 3 nitrogen and oxygen atoms in total. The number of aromatic nitrogens is 3. The summed E-state index contributed by atoms with van der Waals surface area (Å²) in [7, 11) is 0. The molecule has 0 spiro atoms. The Morgan fingerprint density at radius 3 is 2.35 bits per heavy atom. The molecule has 4 heteroatoms. The van der Waals surface area contributed by atoms with Gasteiger partial charge in [-0.3, -0.25) is 4.57 Å². The van der Waals surface area contributed by atoms with Gasteiger partial charge in [-0.2, -0.15) is 0 Å². The molecule has 90 valence electrons. The molecule has 1 aromatic heterocycles. The minimum Gasteiger partial charge on any atom is -0.297 e. The maximum atomic E-state index is 6.09. The van der Waals surface area contributed by atoms with Crippen molar-refractivity contribution < 1.29 is 0 Å². The molecular formula is C13H16ClN3. The van der Waals surface area contributed by atoms with Crippen LogP contribution in [0.2, 0.25) is 5.28 Å². The first-order valence-corrected chi connectivity index (χ1v) is 5.99. The number of nitrogens with zero attached hydrogens (tertiary/aromatic N) is 3. The van der Waals surface area contributed by atoms with Gasteiger partial charge < -0.3 is 0 Å². The molecule has 0 saturated carbocycles. The molecule has 2 rings (SSSR count). The number of hydrogen-bond acceptors (Lipinski definition) is 2. The number of hydrogen-bond donors (Lipinski definition) is 0. The standard InChI is InChI=1S/C13H16ClN3/c1-13(2,3)11-15-16-12(14)17(11)9-10-7-5-4-6-8-10/h4-8H,9H2,1-3H3. The summed E-state index contributed by atoms with van der Waals surface area (Å²) in [6.07, 6.45) is 0. The van der Waals surface area contributed by atoms with Crippen molar-refractivity contribution in [2.24, 2.45) is 0 Å². The van der Waals surface area contributed by atoms with Crippen molar-refractivity contribution in [1.29, 1.82) is 0 Å². The van der Waals surface area contributed by atoms with Gasteiger partial charge in [0.25, 0.3) is 0 Å². The van der Waals surface area contributed by atoms with Crippen LogP contribution in [-0.4, -0.2) is 14.8 Å². The summed E-state index contributed by atoms with van der Waals surface area (Å²) in [4.78, 5) is 0. The Morgan fingerprint density at radius 2 is 1.76 bits per heavy atom. The predicted molar refractivity (Wildman–Crippen MR) is 69.3 cm³/mol. The Labute approximate surface area is 106 Å². The van der Waals surface area contributed by atoms with E-state index in [1.165, 1.54) is 5.56 Å². The van der Waals surface area contributed by atoms with Gasteiger partial charge in [0, 0.05) is 5.41 Å². The fourth-order valence-electron chi connectivity index (χ4n) is 1.74. The lowest BCUT2D eigenvalue weighted by Crippen LogP contribution is -2.19. The van der Waals surface area contributed by atoms with E-state index in [0.29, 0.717) is 11.8 Å². The third-order valence-corrected chi connectivity index (χ3v) is 2.84. The molecular weight excluding hydrogens is 234 g/mol. The molecule has 0 N–H and O–H groups in total. The van der Waals surface area contributed by atoms with Crippen LogP contribution >= 0.6 is 11.6 Å². The van der Waals surface area contributed by atoms with Gasteiger partial charge in [-0.15, -0.1) is 10.2 Å². The highest BCUT2D eigenvalue weighted by Crippen LogP contribution is 2.23. The average Bonchev–Trinajstić information content (AvgIpc) is 2.62. The maximum absolute atomic E-state index is 6.09. The van der Waals surface area contributed by atoms with Crippen LogP contribution in [0.25, 0.3) is 0 Å². The first-order valence-electron chi connectivity index (χ1n) is 5.61. The molecule has 2 aromatic rings. The van der Waals surface area contributed by atoms with Crippen LogP contribution in [0.3, 0.4) is 0 Å². The van der Waals surface area contributed by atoms with Gasteiger partial charge in [-0.05, 0) is 17.2 Å². The van der Waals surface area contributed by atoms with E-state index >= 15 is 0 Å². The van der Waals surface area contributed by atoms with Crippen LogP contribution in [0.4, 0.5) is 0 Å². The van der Waals surface area contributed by atoms with E-state index < -0.39 is 0 Å². The first-order chi connectivity index (χ1) is 7.98. The fraction of sp³-hybridized carbons (Fsp3) is 0.385. The van der Waals surface area contributed by atoms with Crippen LogP contribution in [0.1, 0.15) is 32.2 Å². The Hall–Kier alpha value is -1.35. The van der Waals surface area contributed by atoms with Crippen LogP contribution in [0.5, 0.6) is 0 Å². The minimum atomic E-state index is -0.0606. The lowest BCUT2D eigenvalue weighted by Gasteiger charge is -2.19. The highest BCUT2D eigenvalue weighted by Gasteiger charge is 2.23. The summed E-state index contributed by atoms with van der Waals surface area (Å²) in [5.41, 5.74) is 1.13. The van der Waals surface area contributed by atoms with Gasteiger partial charge in [0.2, 0.25) is 5.28 Å². The maximum Gasteiger partial charge on any atom is 0.225 e. The van der Waals surface area contributed by atoms with E-state index in [4.69, 9.17) is 11.6 Å². The minimum absolute atomic E-state index is 0.0606. The van der Waals surface area contributed by atoms with Crippen LogP contribution in [-0.2, 0) is 12.0 Å². The van der Waals surface area contributed by atoms with Crippen LogP contribution in [0, 0.1) is 0 Å². The van der Waals surface area contributed by atoms with E-state index in [-0.39, 0.29) is 5.41 Å². The summed E-state index contributed by atoms with van der Waals surface area (Å²) in [5, 5.41) is 8.57. The third-order valence-electron chi connectivity index (χ3n) is 2.56. The molecule has 0 amide bonds. The number of rotatable bonds is 2. The van der Waals surface area contributed by atoms with Gasteiger partial charge in [0.05, 0.1) is 6.54 Å². The normalized spacial score (nSPS) is 11.8. The summed E-state index contributed by atoms with van der Waals surface area (Å²) in [6, 6.07) is 10.2. The van der Waals surface area contributed by atoms with Crippen molar-refractivity contribution in [3.63, 3.8) is 0 Å². The van der Waals surface area contributed by atoms with Crippen molar-refractivity contribution in [3.8, 4) is 0 Å². The molecule has 0 unspecified atom stereocenters. The monoisotopic (exact) mass is 249 g/mol. The fourth-order valence-corrected chi connectivity index (χ4v) is 1.92. The van der Waals surface area contributed by atoms with Gasteiger partial charge in [0.15, 0.2) is 0 Å². The van der Waals surface area contributed by atoms with Gasteiger partial charge in [-0.1, -0.05) is 51.1 Å². The largest absolute Gasteiger partial charge is 0.297 e. The second-order valence-electron chi connectivity index (χ2n) is 5.11. The Morgan fingerprint density at radius 1 is 1.12 bits per heavy atom. The van der Waals surface area contributed by atoms with Crippen molar-refractivity contribution in [2.45, 2.75) is 32.7 Å². The molecule has 0 aliphatic rings. The molecule has 0 fully saturated rings. The van der Waals surface area contributed by atoms with E-state index in [9.17, 15) is 0 Å². The van der Waals surface area contributed by atoms with Crippen molar-refractivity contribution in [3.05, 3.63) is 47.0 Å². The van der Waals surface area contributed by atoms with Crippen molar-refractivity contribution in [2.75, 3.05) is 0 Å². The zero-order valence-electron chi connectivity index (χ0n) is 10.3. The van der Waals surface area contributed by atoms with Gasteiger partial charge in [0.1, 0.15) is 5.82 Å². The van der Waals surface area contributed by atoms with E-state index in [0.717, 1.165) is 5.82 Å². The van der Waals surface area contributed by atoms with Gasteiger partial charge in [-0.25, -0.2) is 0 Å². The lowest BCUT2D eigenvalue weighted by molar-refractivity contribution is 0.510.